The molecule has 2 aromatic carbocycles. The molecule has 0 saturated carbocycles. The maximum atomic E-state index is 5.65. The molecule has 0 aliphatic heterocycles. The first-order chi connectivity index (χ1) is 11.2. The molecular formula is C21H23NO. The quantitative estimate of drug-likeness (QED) is 0.405. The first-order valence-electron chi connectivity index (χ1n) is 7.67. The maximum Gasteiger partial charge on any atom is 0.159 e. The van der Waals surface area contributed by atoms with Gasteiger partial charge in [-0.1, -0.05) is 61.7 Å². The van der Waals surface area contributed by atoms with Crippen LogP contribution in [0.15, 0.2) is 91.2 Å². The molecule has 0 aliphatic rings. The molecule has 0 spiro atoms. The summed E-state index contributed by atoms with van der Waals surface area (Å²) in [6.45, 7) is 9.86. The van der Waals surface area contributed by atoms with Gasteiger partial charge in [-0.25, -0.2) is 0 Å². The van der Waals surface area contributed by atoms with Crippen LogP contribution in [0.1, 0.15) is 18.1 Å². The largest absolute Gasteiger partial charge is 0.473 e. The van der Waals surface area contributed by atoms with Gasteiger partial charge in [-0.3, -0.25) is 0 Å². The summed E-state index contributed by atoms with van der Waals surface area (Å²) in [5.74, 6) is 0.744. The van der Waals surface area contributed by atoms with Crippen LogP contribution in [0.2, 0.25) is 0 Å². The average molecular weight is 305 g/mol. The van der Waals surface area contributed by atoms with Crippen molar-refractivity contribution in [3.8, 4) is 0 Å². The zero-order chi connectivity index (χ0) is 16.5. The van der Waals surface area contributed by atoms with Gasteiger partial charge in [-0.2, -0.15) is 0 Å². The van der Waals surface area contributed by atoms with Crippen LogP contribution in [0.3, 0.4) is 0 Å². The molecule has 0 radical (unpaired) electrons. The molecule has 118 valence electrons. The number of rotatable bonds is 8. The topological polar surface area (TPSA) is 21.3 Å². The predicted octanol–water partition coefficient (Wildman–Crippen LogP) is 5.31. The number of nitrogens with one attached hydrogen (secondary N) is 1. The standard InChI is InChI=1S/C21H23NO/c1-4-8-21(17(2)3)23-16-22-20-13-11-19(12-14-20)15-18-9-6-5-7-10-18/h4-14,22H,1-2,15-16H2,3H3/b21-8+. The van der Waals surface area contributed by atoms with E-state index in [0.29, 0.717) is 6.73 Å². The van der Waals surface area contributed by atoms with Crippen molar-refractivity contribution in [3.05, 3.63) is 102 Å². The molecule has 0 saturated heterocycles. The van der Waals surface area contributed by atoms with E-state index in [1.54, 1.807) is 6.08 Å². The second kappa shape index (κ2) is 8.64. The number of anilines is 1. The highest BCUT2D eigenvalue weighted by Gasteiger charge is 1.99. The van der Waals surface area contributed by atoms with Crippen molar-refractivity contribution < 1.29 is 4.74 Å². The summed E-state index contributed by atoms with van der Waals surface area (Å²) in [7, 11) is 0. The lowest BCUT2D eigenvalue weighted by atomic mass is 10.1. The van der Waals surface area contributed by atoms with Gasteiger partial charge in [-0.05, 0) is 48.3 Å². The molecule has 2 nitrogen and oxygen atoms in total. The van der Waals surface area contributed by atoms with Gasteiger partial charge in [0.05, 0.1) is 0 Å². The molecule has 2 aromatic rings. The van der Waals surface area contributed by atoms with E-state index in [4.69, 9.17) is 4.74 Å². The van der Waals surface area contributed by atoms with Crippen LogP contribution in [0.4, 0.5) is 5.69 Å². The summed E-state index contributed by atoms with van der Waals surface area (Å²) in [5.41, 5.74) is 4.51. The number of ether oxygens (including phenoxy) is 1. The van der Waals surface area contributed by atoms with E-state index in [1.165, 1.54) is 11.1 Å². The van der Waals surface area contributed by atoms with Crippen molar-refractivity contribution in [2.24, 2.45) is 0 Å². The predicted molar refractivity (Wildman–Crippen MR) is 98.4 cm³/mol. The zero-order valence-corrected chi connectivity index (χ0v) is 13.6. The van der Waals surface area contributed by atoms with Crippen LogP contribution >= 0.6 is 0 Å². The van der Waals surface area contributed by atoms with E-state index >= 15 is 0 Å². The smallest absolute Gasteiger partial charge is 0.159 e. The number of benzene rings is 2. The first-order valence-corrected chi connectivity index (χ1v) is 7.67. The summed E-state index contributed by atoms with van der Waals surface area (Å²) >= 11 is 0. The normalized spacial score (nSPS) is 10.9. The van der Waals surface area contributed by atoms with Crippen molar-refractivity contribution in [2.75, 3.05) is 12.0 Å². The summed E-state index contributed by atoms with van der Waals surface area (Å²) in [6, 6.07) is 18.9. The number of hydrogen-bond donors (Lipinski definition) is 1. The van der Waals surface area contributed by atoms with Crippen molar-refractivity contribution in [2.45, 2.75) is 13.3 Å². The Kier molecular flexibility index (Phi) is 6.25. The second-order valence-corrected chi connectivity index (χ2v) is 5.37. The van der Waals surface area contributed by atoms with Gasteiger partial charge in [0.1, 0.15) is 5.76 Å². The lowest BCUT2D eigenvalue weighted by Crippen LogP contribution is -2.06. The van der Waals surface area contributed by atoms with E-state index in [0.717, 1.165) is 23.4 Å². The van der Waals surface area contributed by atoms with Crippen molar-refractivity contribution in [1.29, 1.82) is 0 Å². The Morgan fingerprint density at radius 2 is 1.70 bits per heavy atom. The van der Waals surface area contributed by atoms with Crippen molar-refractivity contribution >= 4 is 5.69 Å². The SMILES string of the molecule is C=C/C=C(/OCNc1ccc(Cc2ccccc2)cc1)C(=C)C. The van der Waals surface area contributed by atoms with Crippen molar-refractivity contribution in [3.63, 3.8) is 0 Å². The third kappa shape index (κ3) is 5.51. The van der Waals surface area contributed by atoms with Gasteiger partial charge in [0.2, 0.25) is 0 Å². The lowest BCUT2D eigenvalue weighted by molar-refractivity contribution is 0.243. The Labute approximate surface area is 138 Å². The number of hydrogen-bond acceptors (Lipinski definition) is 2. The minimum Gasteiger partial charge on any atom is -0.473 e. The molecule has 0 heterocycles. The third-order valence-corrected chi connectivity index (χ3v) is 3.40. The van der Waals surface area contributed by atoms with Crippen LogP contribution in [0, 0.1) is 0 Å². The molecule has 0 unspecified atom stereocenters. The Hall–Kier alpha value is -2.74. The molecule has 2 heteroatoms. The molecule has 2 rings (SSSR count). The van der Waals surface area contributed by atoms with E-state index in [2.05, 4.69) is 67.0 Å². The minimum atomic E-state index is 0.393. The summed E-state index contributed by atoms with van der Waals surface area (Å²) in [4.78, 5) is 0. The van der Waals surface area contributed by atoms with Gasteiger partial charge in [-0.15, -0.1) is 0 Å². The van der Waals surface area contributed by atoms with Gasteiger partial charge >= 0.3 is 0 Å². The Balaban J connectivity index is 1.86. The Morgan fingerprint density at radius 3 is 2.30 bits per heavy atom. The van der Waals surface area contributed by atoms with Crippen LogP contribution in [0.25, 0.3) is 0 Å². The first kappa shape index (κ1) is 16.6. The molecule has 0 fully saturated rings. The molecule has 0 aliphatic carbocycles. The fourth-order valence-corrected chi connectivity index (χ4v) is 2.19. The molecule has 0 atom stereocenters. The summed E-state index contributed by atoms with van der Waals surface area (Å²) in [6.07, 6.45) is 4.45. The Bertz CT molecular complexity index is 669. The summed E-state index contributed by atoms with van der Waals surface area (Å²) < 4.78 is 5.65. The summed E-state index contributed by atoms with van der Waals surface area (Å²) in [5, 5.41) is 3.24. The highest BCUT2D eigenvalue weighted by Crippen LogP contribution is 2.14. The van der Waals surface area contributed by atoms with Crippen LogP contribution < -0.4 is 5.32 Å². The highest BCUT2D eigenvalue weighted by molar-refractivity contribution is 5.45. The molecule has 23 heavy (non-hydrogen) atoms. The van der Waals surface area contributed by atoms with E-state index in [1.807, 2.05) is 19.1 Å². The molecular weight excluding hydrogens is 282 g/mol. The van der Waals surface area contributed by atoms with Gasteiger partial charge in [0.25, 0.3) is 0 Å². The highest BCUT2D eigenvalue weighted by atomic mass is 16.5. The van der Waals surface area contributed by atoms with Crippen LogP contribution in [-0.2, 0) is 11.2 Å². The van der Waals surface area contributed by atoms with Gasteiger partial charge in [0, 0.05) is 5.69 Å². The van der Waals surface area contributed by atoms with Crippen LogP contribution in [-0.4, -0.2) is 6.73 Å². The fraction of sp³-hybridized carbons (Fsp3) is 0.143. The molecule has 1 N–H and O–H groups in total. The molecule has 0 bridgehead atoms. The lowest BCUT2D eigenvalue weighted by Gasteiger charge is -2.12. The van der Waals surface area contributed by atoms with Crippen molar-refractivity contribution in [1.82, 2.24) is 0 Å². The zero-order valence-electron chi connectivity index (χ0n) is 13.6. The van der Waals surface area contributed by atoms with E-state index in [-0.39, 0.29) is 0 Å². The van der Waals surface area contributed by atoms with Crippen LogP contribution in [0.5, 0.6) is 0 Å². The van der Waals surface area contributed by atoms with E-state index in [9.17, 15) is 0 Å². The second-order valence-electron chi connectivity index (χ2n) is 5.37. The van der Waals surface area contributed by atoms with E-state index < -0.39 is 0 Å². The average Bonchev–Trinajstić information content (AvgIpc) is 2.56. The van der Waals surface area contributed by atoms with Gasteiger partial charge < -0.3 is 10.1 Å². The fourth-order valence-electron chi connectivity index (χ4n) is 2.19. The maximum absolute atomic E-state index is 5.65. The number of allylic oxidation sites excluding steroid dienone is 3. The third-order valence-electron chi connectivity index (χ3n) is 3.40. The molecule has 0 amide bonds. The van der Waals surface area contributed by atoms with Gasteiger partial charge in [0.15, 0.2) is 6.73 Å². The minimum absolute atomic E-state index is 0.393. The molecule has 0 aromatic heterocycles. The monoisotopic (exact) mass is 305 g/mol. The Morgan fingerprint density at radius 1 is 1.04 bits per heavy atom.